The fourth-order valence-electron chi connectivity index (χ4n) is 4.88. The lowest BCUT2D eigenvalue weighted by Gasteiger charge is -2.30. The van der Waals surface area contributed by atoms with Crippen LogP contribution in [-0.2, 0) is 4.74 Å². The number of rotatable bonds is 9. The highest BCUT2D eigenvalue weighted by atomic mass is 16.5. The second-order valence-corrected chi connectivity index (χ2v) is 9.61. The molecule has 0 saturated carbocycles. The molecule has 180 valence electrons. The number of hydrogen-bond donors (Lipinski definition) is 1. The number of nitrogens with zero attached hydrogens (tertiary/aromatic N) is 2. The van der Waals surface area contributed by atoms with Crippen LogP contribution in [0.25, 0.3) is 0 Å². The van der Waals surface area contributed by atoms with Crippen LogP contribution in [0.1, 0.15) is 44.9 Å². The Bertz CT molecular complexity index is 904. The molecular weight excluding hydrogens is 414 g/mol. The Kier molecular flexibility index (Phi) is 7.89. The fraction of sp³-hybridized carbons (Fsp3) is 0.519. The molecule has 2 aromatic rings. The lowest BCUT2D eigenvalue weighted by atomic mass is 10.2. The molecule has 0 radical (unpaired) electrons. The van der Waals surface area contributed by atoms with E-state index in [0.717, 1.165) is 31.1 Å². The van der Waals surface area contributed by atoms with Crippen LogP contribution in [0.15, 0.2) is 48.5 Å². The van der Waals surface area contributed by atoms with E-state index < -0.39 is 0 Å². The SMILES string of the molecule is COCC1CCCN1C1CCN(c2ccc(NC(=O)c3ccc(OCC(C)C)cc3)cc2)C1.[HH]. The highest BCUT2D eigenvalue weighted by Crippen LogP contribution is 2.29. The second-order valence-electron chi connectivity index (χ2n) is 9.61. The number of nitrogens with one attached hydrogen (secondary N) is 1. The molecule has 6 nitrogen and oxygen atoms in total. The zero-order valence-corrected chi connectivity index (χ0v) is 20.1. The molecule has 0 aliphatic carbocycles. The Morgan fingerprint density at radius 3 is 2.55 bits per heavy atom. The van der Waals surface area contributed by atoms with E-state index in [1.54, 1.807) is 19.2 Å². The van der Waals surface area contributed by atoms with Gasteiger partial charge in [0, 0.05) is 50.6 Å². The summed E-state index contributed by atoms with van der Waals surface area (Å²) in [4.78, 5) is 17.7. The van der Waals surface area contributed by atoms with E-state index in [2.05, 4.69) is 41.1 Å². The molecule has 2 saturated heterocycles. The molecule has 2 heterocycles. The number of amides is 1. The minimum atomic E-state index is -0.113. The van der Waals surface area contributed by atoms with Gasteiger partial charge in [0.15, 0.2) is 0 Å². The summed E-state index contributed by atoms with van der Waals surface area (Å²) in [5.74, 6) is 1.14. The quantitative estimate of drug-likeness (QED) is 0.585. The van der Waals surface area contributed by atoms with Gasteiger partial charge in [-0.15, -0.1) is 0 Å². The first-order valence-corrected chi connectivity index (χ1v) is 12.2. The highest BCUT2D eigenvalue weighted by molar-refractivity contribution is 6.04. The first kappa shape index (κ1) is 23.6. The van der Waals surface area contributed by atoms with E-state index in [1.165, 1.54) is 31.5 Å². The number of ether oxygens (including phenoxy) is 2. The normalized spacial score (nSPS) is 21.0. The molecular formula is C27H39N3O3. The van der Waals surface area contributed by atoms with Crippen LogP contribution < -0.4 is 15.0 Å². The summed E-state index contributed by atoms with van der Waals surface area (Å²) in [5.41, 5.74) is 2.64. The van der Waals surface area contributed by atoms with Crippen LogP contribution in [0.4, 0.5) is 11.4 Å². The van der Waals surface area contributed by atoms with Crippen molar-refractivity contribution in [2.45, 2.75) is 45.2 Å². The number of carbonyl (C=O) groups excluding carboxylic acids is 1. The number of methoxy groups -OCH3 is 1. The molecule has 2 aromatic carbocycles. The molecule has 1 N–H and O–H groups in total. The highest BCUT2D eigenvalue weighted by Gasteiger charge is 2.34. The predicted molar refractivity (Wildman–Crippen MR) is 136 cm³/mol. The van der Waals surface area contributed by atoms with Gasteiger partial charge in [0.05, 0.1) is 13.2 Å². The van der Waals surface area contributed by atoms with Crippen LogP contribution in [-0.4, -0.2) is 62.8 Å². The van der Waals surface area contributed by atoms with Crippen molar-refractivity contribution in [3.8, 4) is 5.75 Å². The molecule has 2 fully saturated rings. The van der Waals surface area contributed by atoms with Crippen molar-refractivity contribution in [1.82, 2.24) is 4.90 Å². The van der Waals surface area contributed by atoms with Gasteiger partial charge in [-0.1, -0.05) is 13.8 Å². The molecule has 2 aliphatic heterocycles. The van der Waals surface area contributed by atoms with Gasteiger partial charge >= 0.3 is 0 Å². The van der Waals surface area contributed by atoms with Gasteiger partial charge in [-0.25, -0.2) is 0 Å². The first-order chi connectivity index (χ1) is 16.0. The number of anilines is 2. The Balaban J connectivity index is 0.00000324. The van der Waals surface area contributed by atoms with Crippen LogP contribution in [0, 0.1) is 5.92 Å². The average Bonchev–Trinajstić information content (AvgIpc) is 3.48. The molecule has 0 aromatic heterocycles. The summed E-state index contributed by atoms with van der Waals surface area (Å²) in [6, 6.07) is 16.7. The summed E-state index contributed by atoms with van der Waals surface area (Å²) in [5, 5.41) is 3.00. The molecule has 6 heteroatoms. The summed E-state index contributed by atoms with van der Waals surface area (Å²) in [6.07, 6.45) is 3.70. The van der Waals surface area contributed by atoms with Gasteiger partial charge in [-0.2, -0.15) is 0 Å². The molecule has 2 unspecified atom stereocenters. The zero-order valence-electron chi connectivity index (χ0n) is 20.1. The minimum Gasteiger partial charge on any atom is -0.493 e. The van der Waals surface area contributed by atoms with Gasteiger partial charge in [0.1, 0.15) is 5.75 Å². The van der Waals surface area contributed by atoms with Crippen molar-refractivity contribution < 1.29 is 15.7 Å². The Morgan fingerprint density at radius 1 is 1.09 bits per heavy atom. The maximum atomic E-state index is 12.6. The molecule has 2 aliphatic rings. The number of benzene rings is 2. The summed E-state index contributed by atoms with van der Waals surface area (Å²) in [7, 11) is 1.80. The van der Waals surface area contributed by atoms with E-state index in [4.69, 9.17) is 9.47 Å². The standard InChI is InChI=1S/C27H37N3O3.H2/c1-20(2)18-33-26-12-6-21(7-13-26)27(31)28-22-8-10-23(11-9-22)29-16-14-24(17-29)30-15-4-5-25(30)19-32-3;/h6-13,20,24-25H,4-5,14-19H2,1-3H3,(H,28,31);1H. The van der Waals surface area contributed by atoms with Crippen molar-refractivity contribution >= 4 is 17.3 Å². The molecule has 33 heavy (non-hydrogen) atoms. The van der Waals surface area contributed by atoms with E-state index >= 15 is 0 Å². The monoisotopic (exact) mass is 453 g/mol. The van der Waals surface area contributed by atoms with E-state index in [-0.39, 0.29) is 7.33 Å². The van der Waals surface area contributed by atoms with Crippen molar-refractivity contribution in [1.29, 1.82) is 0 Å². The second kappa shape index (κ2) is 11.0. The van der Waals surface area contributed by atoms with E-state index in [0.29, 0.717) is 30.2 Å². The topological polar surface area (TPSA) is 54.0 Å². The third-order valence-electron chi connectivity index (χ3n) is 6.60. The van der Waals surface area contributed by atoms with Gasteiger partial charge < -0.3 is 19.7 Å². The Hall–Kier alpha value is -2.57. The smallest absolute Gasteiger partial charge is 0.255 e. The molecule has 0 spiro atoms. The molecule has 4 rings (SSSR count). The average molecular weight is 454 g/mol. The van der Waals surface area contributed by atoms with Gasteiger partial charge in [0.2, 0.25) is 0 Å². The third kappa shape index (κ3) is 6.06. The van der Waals surface area contributed by atoms with Crippen LogP contribution in [0.5, 0.6) is 5.75 Å². The van der Waals surface area contributed by atoms with Gasteiger partial charge in [-0.05, 0) is 80.3 Å². The molecule has 0 bridgehead atoms. The van der Waals surface area contributed by atoms with E-state index in [9.17, 15) is 4.79 Å². The number of hydrogen-bond acceptors (Lipinski definition) is 5. The Morgan fingerprint density at radius 2 is 1.85 bits per heavy atom. The fourth-order valence-corrected chi connectivity index (χ4v) is 4.88. The molecule has 2 atom stereocenters. The summed E-state index contributed by atoms with van der Waals surface area (Å²) in [6.45, 7) is 9.03. The first-order valence-electron chi connectivity index (χ1n) is 12.2. The number of carbonyl (C=O) groups is 1. The third-order valence-corrected chi connectivity index (χ3v) is 6.60. The zero-order chi connectivity index (χ0) is 23.2. The van der Waals surface area contributed by atoms with Crippen molar-refractivity contribution in [3.05, 3.63) is 54.1 Å². The summed E-state index contributed by atoms with van der Waals surface area (Å²) < 4.78 is 11.1. The van der Waals surface area contributed by atoms with Crippen molar-refractivity contribution in [3.63, 3.8) is 0 Å². The minimum absolute atomic E-state index is 0. The molecule has 1 amide bonds. The van der Waals surface area contributed by atoms with Crippen molar-refractivity contribution in [2.75, 3.05) is 50.2 Å². The maximum Gasteiger partial charge on any atom is 0.255 e. The lowest BCUT2D eigenvalue weighted by Crippen LogP contribution is -2.42. The van der Waals surface area contributed by atoms with Crippen LogP contribution in [0.3, 0.4) is 0 Å². The maximum absolute atomic E-state index is 12.6. The van der Waals surface area contributed by atoms with Crippen LogP contribution >= 0.6 is 0 Å². The van der Waals surface area contributed by atoms with E-state index in [1.807, 2.05) is 24.3 Å². The number of likely N-dealkylation sites (tertiary alicyclic amines) is 1. The summed E-state index contributed by atoms with van der Waals surface area (Å²) >= 11 is 0. The van der Waals surface area contributed by atoms with Gasteiger partial charge in [0.25, 0.3) is 5.91 Å². The van der Waals surface area contributed by atoms with Crippen molar-refractivity contribution in [2.24, 2.45) is 5.92 Å². The largest absolute Gasteiger partial charge is 0.493 e. The van der Waals surface area contributed by atoms with Gasteiger partial charge in [-0.3, -0.25) is 9.69 Å². The lowest BCUT2D eigenvalue weighted by molar-refractivity contribution is 0.0943. The van der Waals surface area contributed by atoms with Crippen LogP contribution in [0.2, 0.25) is 0 Å². The predicted octanol–water partition coefficient (Wildman–Crippen LogP) is 4.91. The Labute approximate surface area is 199 Å².